The summed E-state index contributed by atoms with van der Waals surface area (Å²) in [4.78, 5) is 39.3. The van der Waals surface area contributed by atoms with E-state index in [1.54, 1.807) is 52.1 Å². The van der Waals surface area contributed by atoms with Crippen molar-refractivity contribution in [1.29, 1.82) is 0 Å². The lowest BCUT2D eigenvalue weighted by Crippen LogP contribution is -2.45. The van der Waals surface area contributed by atoms with E-state index >= 15 is 0 Å². The summed E-state index contributed by atoms with van der Waals surface area (Å²) in [6.45, 7) is 5.28. The van der Waals surface area contributed by atoms with Gasteiger partial charge in [-0.25, -0.2) is 0 Å². The van der Waals surface area contributed by atoms with Gasteiger partial charge in [-0.15, -0.1) is 0 Å². The van der Waals surface area contributed by atoms with Crippen LogP contribution in [0.3, 0.4) is 0 Å². The standard InChI is InChI=1S/C22H26O7/c1-5-27-20(24)22(21(25)28-6-2)12-15-11-13(3)29-19(23)17(15)18(22)14-7-9-16(26-4)10-8-14/h7-11,15,17-18H,5-6,12H2,1-4H3/t15-,17-,18+/m0/s1. The zero-order chi connectivity index (χ0) is 21.2. The molecule has 1 saturated carbocycles. The Bertz CT molecular complexity index is 806. The molecule has 156 valence electrons. The number of ether oxygens (including phenoxy) is 4. The van der Waals surface area contributed by atoms with E-state index < -0.39 is 35.2 Å². The minimum absolute atomic E-state index is 0.115. The molecule has 0 bridgehead atoms. The zero-order valence-corrected chi connectivity index (χ0v) is 17.1. The quantitative estimate of drug-likeness (QED) is 0.411. The maximum Gasteiger partial charge on any atom is 0.324 e. The first-order valence-electron chi connectivity index (χ1n) is 9.77. The number of hydrogen-bond acceptors (Lipinski definition) is 7. The molecule has 2 aliphatic rings. The van der Waals surface area contributed by atoms with Crippen molar-refractivity contribution in [2.24, 2.45) is 17.3 Å². The molecule has 7 nitrogen and oxygen atoms in total. The lowest BCUT2D eigenvalue weighted by Gasteiger charge is -2.33. The highest BCUT2D eigenvalue weighted by Crippen LogP contribution is 2.59. The van der Waals surface area contributed by atoms with E-state index in [0.717, 1.165) is 0 Å². The summed E-state index contributed by atoms with van der Waals surface area (Å²) in [5, 5.41) is 0. The maximum atomic E-state index is 13.2. The van der Waals surface area contributed by atoms with Gasteiger partial charge in [-0.1, -0.05) is 12.1 Å². The lowest BCUT2D eigenvalue weighted by molar-refractivity contribution is -0.173. The van der Waals surface area contributed by atoms with Crippen LogP contribution in [0, 0.1) is 17.3 Å². The Morgan fingerprint density at radius 1 is 1.10 bits per heavy atom. The van der Waals surface area contributed by atoms with Crippen molar-refractivity contribution in [2.75, 3.05) is 20.3 Å². The molecule has 0 unspecified atom stereocenters. The minimum Gasteiger partial charge on any atom is -0.497 e. The molecular formula is C22H26O7. The van der Waals surface area contributed by atoms with Gasteiger partial charge in [0.1, 0.15) is 11.5 Å². The molecule has 1 aromatic carbocycles. The average Bonchev–Trinajstić information content (AvgIpc) is 3.05. The van der Waals surface area contributed by atoms with Crippen molar-refractivity contribution in [1.82, 2.24) is 0 Å². The van der Waals surface area contributed by atoms with Crippen molar-refractivity contribution >= 4 is 17.9 Å². The maximum absolute atomic E-state index is 13.2. The topological polar surface area (TPSA) is 88.1 Å². The first-order valence-corrected chi connectivity index (χ1v) is 9.77. The Balaban J connectivity index is 2.20. The number of cyclic esters (lactones) is 1. The van der Waals surface area contributed by atoms with Crippen LogP contribution in [0.4, 0.5) is 0 Å². The molecule has 0 amide bonds. The number of carbonyl (C=O) groups excluding carboxylic acids is 3. The number of esters is 3. The van der Waals surface area contributed by atoms with E-state index in [1.807, 2.05) is 6.08 Å². The molecule has 7 heteroatoms. The van der Waals surface area contributed by atoms with Gasteiger partial charge in [0.15, 0.2) is 5.41 Å². The Hall–Kier alpha value is -2.83. The van der Waals surface area contributed by atoms with Crippen LogP contribution in [0.15, 0.2) is 36.1 Å². The summed E-state index contributed by atoms with van der Waals surface area (Å²) >= 11 is 0. The van der Waals surface area contributed by atoms with Crippen molar-refractivity contribution in [3.8, 4) is 5.75 Å². The predicted octanol–water partition coefficient (Wildman–Crippen LogP) is 2.99. The van der Waals surface area contributed by atoms with Gasteiger partial charge in [-0.05, 0) is 56.9 Å². The van der Waals surface area contributed by atoms with E-state index in [1.165, 1.54) is 0 Å². The van der Waals surface area contributed by atoms with Crippen LogP contribution in [0.5, 0.6) is 5.75 Å². The second kappa shape index (κ2) is 8.27. The SMILES string of the molecule is CCOC(=O)C1(C(=O)OCC)C[C@@H]2C=C(C)OC(=O)[C@@H]2[C@H]1c1ccc(OC)cc1. The Morgan fingerprint density at radius 2 is 1.69 bits per heavy atom. The summed E-state index contributed by atoms with van der Waals surface area (Å²) in [7, 11) is 1.55. The largest absolute Gasteiger partial charge is 0.497 e. The summed E-state index contributed by atoms with van der Waals surface area (Å²) in [6.07, 6.45) is 1.93. The Labute approximate surface area is 170 Å². The highest BCUT2D eigenvalue weighted by molar-refractivity contribution is 6.03. The lowest BCUT2D eigenvalue weighted by atomic mass is 9.71. The minimum atomic E-state index is -1.63. The van der Waals surface area contributed by atoms with Gasteiger partial charge in [0, 0.05) is 5.92 Å². The van der Waals surface area contributed by atoms with E-state index in [4.69, 9.17) is 18.9 Å². The highest BCUT2D eigenvalue weighted by atomic mass is 16.6. The summed E-state index contributed by atoms with van der Waals surface area (Å²) in [5.74, 6) is -2.51. The first kappa shape index (κ1) is 20.9. The molecule has 1 aliphatic heterocycles. The van der Waals surface area contributed by atoms with E-state index in [9.17, 15) is 14.4 Å². The molecule has 0 aromatic heterocycles. The molecule has 1 heterocycles. The highest BCUT2D eigenvalue weighted by Gasteiger charge is 2.67. The van der Waals surface area contributed by atoms with E-state index in [2.05, 4.69) is 0 Å². The van der Waals surface area contributed by atoms with Crippen molar-refractivity contribution in [3.63, 3.8) is 0 Å². The van der Waals surface area contributed by atoms with E-state index in [0.29, 0.717) is 17.1 Å². The van der Waals surface area contributed by atoms with Crippen LogP contribution >= 0.6 is 0 Å². The predicted molar refractivity (Wildman–Crippen MR) is 103 cm³/mol. The van der Waals surface area contributed by atoms with E-state index in [-0.39, 0.29) is 25.6 Å². The molecule has 0 saturated heterocycles. The first-order chi connectivity index (χ1) is 13.9. The number of benzene rings is 1. The second-order valence-electron chi connectivity index (χ2n) is 7.26. The number of allylic oxidation sites excluding steroid dienone is 2. The number of fused-ring (bicyclic) bond motifs is 1. The monoisotopic (exact) mass is 402 g/mol. The fraction of sp³-hybridized carbons (Fsp3) is 0.500. The van der Waals surface area contributed by atoms with Crippen LogP contribution < -0.4 is 4.74 Å². The van der Waals surface area contributed by atoms with Crippen LogP contribution in [0.25, 0.3) is 0 Å². The average molecular weight is 402 g/mol. The fourth-order valence-corrected chi connectivity index (χ4v) is 4.54. The van der Waals surface area contributed by atoms with Crippen LogP contribution in [-0.2, 0) is 28.6 Å². The molecule has 1 aromatic rings. The van der Waals surface area contributed by atoms with Gasteiger partial charge in [-0.2, -0.15) is 0 Å². The molecule has 3 atom stereocenters. The van der Waals surface area contributed by atoms with Gasteiger partial charge < -0.3 is 18.9 Å². The fourth-order valence-electron chi connectivity index (χ4n) is 4.54. The summed E-state index contributed by atoms with van der Waals surface area (Å²) in [5.41, 5.74) is -0.972. The molecule has 1 aliphatic carbocycles. The molecule has 0 spiro atoms. The molecule has 0 radical (unpaired) electrons. The number of methoxy groups -OCH3 is 1. The zero-order valence-electron chi connectivity index (χ0n) is 17.1. The Kier molecular flexibility index (Phi) is 5.96. The van der Waals surface area contributed by atoms with Gasteiger partial charge in [0.25, 0.3) is 0 Å². The third-order valence-corrected chi connectivity index (χ3v) is 5.65. The normalized spacial score (nSPS) is 24.8. The van der Waals surface area contributed by atoms with Gasteiger partial charge in [-0.3, -0.25) is 14.4 Å². The summed E-state index contributed by atoms with van der Waals surface area (Å²) in [6, 6.07) is 6.99. The number of hydrogen-bond donors (Lipinski definition) is 0. The molecule has 29 heavy (non-hydrogen) atoms. The smallest absolute Gasteiger partial charge is 0.324 e. The molecule has 1 fully saturated rings. The van der Waals surface area contributed by atoms with Crippen molar-refractivity contribution in [3.05, 3.63) is 41.7 Å². The Morgan fingerprint density at radius 3 is 2.21 bits per heavy atom. The van der Waals surface area contributed by atoms with Crippen molar-refractivity contribution in [2.45, 2.75) is 33.1 Å². The molecule has 0 N–H and O–H groups in total. The van der Waals surface area contributed by atoms with Gasteiger partial charge >= 0.3 is 17.9 Å². The van der Waals surface area contributed by atoms with Gasteiger partial charge in [0.05, 0.1) is 26.2 Å². The third-order valence-electron chi connectivity index (χ3n) is 5.65. The van der Waals surface area contributed by atoms with Crippen molar-refractivity contribution < 1.29 is 33.3 Å². The number of carbonyl (C=O) groups is 3. The third kappa shape index (κ3) is 3.50. The molecular weight excluding hydrogens is 376 g/mol. The molecule has 3 rings (SSSR count). The second-order valence-corrected chi connectivity index (χ2v) is 7.26. The van der Waals surface area contributed by atoms with Crippen LogP contribution in [-0.4, -0.2) is 38.2 Å². The van der Waals surface area contributed by atoms with Crippen LogP contribution in [0.2, 0.25) is 0 Å². The number of rotatable bonds is 6. The summed E-state index contributed by atoms with van der Waals surface area (Å²) < 4.78 is 21.2. The van der Waals surface area contributed by atoms with Gasteiger partial charge in [0.2, 0.25) is 0 Å². The van der Waals surface area contributed by atoms with Crippen LogP contribution in [0.1, 0.15) is 38.7 Å².